The highest BCUT2D eigenvalue weighted by atomic mass is 35.5. The lowest BCUT2D eigenvalue weighted by Crippen LogP contribution is -2.34. The Kier molecular flexibility index (Phi) is 7.57. The van der Waals surface area contributed by atoms with Crippen LogP contribution in [0.3, 0.4) is 0 Å². The molecule has 0 radical (unpaired) electrons. The van der Waals surface area contributed by atoms with Crippen LogP contribution in [0.25, 0.3) is 10.9 Å². The Hall–Kier alpha value is -2.46. The first-order valence-electron chi connectivity index (χ1n) is 12.6. The smallest absolute Gasteiger partial charge is 0.210 e. The molecule has 4 rings (SSSR count). The number of aromatic nitrogens is 1. The quantitative estimate of drug-likeness (QED) is 0.304. The number of H-pyrrole nitrogens is 1. The summed E-state index contributed by atoms with van der Waals surface area (Å²) in [5, 5.41) is 1.88. The third-order valence-corrected chi connectivity index (χ3v) is 7.52. The predicted molar refractivity (Wildman–Crippen MR) is 141 cm³/mol. The van der Waals surface area contributed by atoms with Gasteiger partial charge < -0.3 is 14.6 Å². The molecule has 34 heavy (non-hydrogen) atoms. The Balaban J connectivity index is 1.52. The second-order valence-electron chi connectivity index (χ2n) is 10.5. The normalized spacial score (nSPS) is 17.0. The van der Waals surface area contributed by atoms with Crippen molar-refractivity contribution in [2.24, 2.45) is 11.3 Å². The summed E-state index contributed by atoms with van der Waals surface area (Å²) < 4.78 is 6.20. The molecular formula is C29H37ClN2O2. The maximum absolute atomic E-state index is 11.9. The van der Waals surface area contributed by atoms with Gasteiger partial charge in [-0.25, -0.2) is 0 Å². The van der Waals surface area contributed by atoms with Crippen molar-refractivity contribution in [3.8, 4) is 5.75 Å². The van der Waals surface area contributed by atoms with E-state index >= 15 is 0 Å². The highest BCUT2D eigenvalue weighted by Gasteiger charge is 2.31. The number of fused-ring (bicyclic) bond motifs is 3. The number of halogens is 1. The lowest BCUT2D eigenvalue weighted by atomic mass is 9.79. The molecule has 1 aliphatic heterocycles. The summed E-state index contributed by atoms with van der Waals surface area (Å²) >= 11 is 6.26. The van der Waals surface area contributed by atoms with Crippen molar-refractivity contribution in [2.75, 3.05) is 13.2 Å². The number of amides is 1. The Labute approximate surface area is 208 Å². The molecule has 3 aromatic rings. The van der Waals surface area contributed by atoms with Gasteiger partial charge in [-0.05, 0) is 72.1 Å². The summed E-state index contributed by atoms with van der Waals surface area (Å²) in [6.45, 7) is 10.7. The molecule has 182 valence electrons. The SMILES string of the molecule is CCCC(C)(C)CC(CC)COc1ccc(C2c3[nH]c4ccc(Cl)cc4c3CCN2C=O)cc1. The number of nitrogens with zero attached hydrogens (tertiary/aromatic N) is 1. The fraction of sp³-hybridized carbons (Fsp3) is 0.483. The molecule has 1 aliphatic rings. The van der Waals surface area contributed by atoms with Gasteiger partial charge in [0.1, 0.15) is 5.75 Å². The van der Waals surface area contributed by atoms with Crippen LogP contribution in [0.1, 0.15) is 76.2 Å². The molecule has 0 aliphatic carbocycles. The number of benzene rings is 2. The molecule has 1 N–H and O–H groups in total. The summed E-state index contributed by atoms with van der Waals surface area (Å²) in [6.07, 6.45) is 6.54. The number of aromatic amines is 1. The molecule has 2 aromatic carbocycles. The first-order chi connectivity index (χ1) is 16.3. The molecule has 1 amide bonds. The van der Waals surface area contributed by atoms with Crippen LogP contribution in [0.5, 0.6) is 5.75 Å². The lowest BCUT2D eigenvalue weighted by molar-refractivity contribution is -0.120. The van der Waals surface area contributed by atoms with Crippen molar-refractivity contribution in [3.05, 3.63) is 64.3 Å². The molecule has 0 fully saturated rings. The summed E-state index contributed by atoms with van der Waals surface area (Å²) in [5.41, 5.74) is 4.82. The molecule has 4 nitrogen and oxygen atoms in total. The van der Waals surface area contributed by atoms with E-state index in [0.29, 0.717) is 17.9 Å². The van der Waals surface area contributed by atoms with Gasteiger partial charge in [-0.2, -0.15) is 0 Å². The summed E-state index contributed by atoms with van der Waals surface area (Å²) in [4.78, 5) is 17.4. The molecule has 0 bridgehead atoms. The number of nitrogens with one attached hydrogen (secondary N) is 1. The lowest BCUT2D eigenvalue weighted by Gasteiger charge is -2.33. The Morgan fingerprint density at radius 3 is 2.65 bits per heavy atom. The number of ether oxygens (including phenoxy) is 1. The first-order valence-corrected chi connectivity index (χ1v) is 13.0. The molecule has 0 saturated heterocycles. The van der Waals surface area contributed by atoms with Gasteiger partial charge in [0.2, 0.25) is 6.41 Å². The van der Waals surface area contributed by atoms with Crippen LogP contribution >= 0.6 is 11.6 Å². The maximum atomic E-state index is 11.9. The van der Waals surface area contributed by atoms with Crippen LogP contribution in [-0.2, 0) is 11.2 Å². The number of carbonyl (C=O) groups is 1. The number of hydrogen-bond acceptors (Lipinski definition) is 2. The van der Waals surface area contributed by atoms with E-state index in [9.17, 15) is 4.79 Å². The standard InChI is InChI=1S/C29H37ClN2O2/c1-5-14-29(3,4)17-20(6-2)18-34-23-10-7-21(8-11-23)28-27-24(13-15-32(28)19-33)25-16-22(30)9-12-26(25)31-27/h7-12,16,19-20,28,31H,5-6,13-15,17-18H2,1-4H3. The van der Waals surface area contributed by atoms with Crippen molar-refractivity contribution in [1.29, 1.82) is 0 Å². The van der Waals surface area contributed by atoms with Crippen molar-refractivity contribution in [2.45, 2.75) is 65.8 Å². The van der Waals surface area contributed by atoms with Gasteiger partial charge in [-0.15, -0.1) is 0 Å². The summed E-state index contributed by atoms with van der Waals surface area (Å²) in [6, 6.07) is 14.0. The maximum Gasteiger partial charge on any atom is 0.210 e. The molecular weight excluding hydrogens is 444 g/mol. The summed E-state index contributed by atoms with van der Waals surface area (Å²) in [5.74, 6) is 1.43. The Morgan fingerprint density at radius 1 is 1.21 bits per heavy atom. The van der Waals surface area contributed by atoms with E-state index in [1.807, 2.05) is 35.2 Å². The molecule has 0 spiro atoms. The second-order valence-corrected chi connectivity index (χ2v) is 10.9. The van der Waals surface area contributed by atoms with Crippen molar-refractivity contribution in [3.63, 3.8) is 0 Å². The van der Waals surface area contributed by atoms with Crippen LogP contribution in [0.2, 0.25) is 5.02 Å². The van der Waals surface area contributed by atoms with Gasteiger partial charge in [0.15, 0.2) is 0 Å². The van der Waals surface area contributed by atoms with Crippen LogP contribution in [0, 0.1) is 11.3 Å². The van der Waals surface area contributed by atoms with E-state index in [-0.39, 0.29) is 6.04 Å². The minimum atomic E-state index is -0.139. The minimum absolute atomic E-state index is 0.139. The van der Waals surface area contributed by atoms with Gasteiger partial charge in [0, 0.05) is 28.2 Å². The predicted octanol–water partition coefficient (Wildman–Crippen LogP) is 7.55. The molecule has 5 heteroatoms. The van der Waals surface area contributed by atoms with E-state index in [4.69, 9.17) is 16.3 Å². The largest absolute Gasteiger partial charge is 0.493 e. The van der Waals surface area contributed by atoms with Crippen LogP contribution in [0.4, 0.5) is 0 Å². The zero-order valence-electron chi connectivity index (χ0n) is 20.9. The molecule has 1 aromatic heterocycles. The monoisotopic (exact) mass is 480 g/mol. The Morgan fingerprint density at radius 2 is 1.97 bits per heavy atom. The van der Waals surface area contributed by atoms with Gasteiger partial charge in [0.05, 0.1) is 12.6 Å². The molecule has 2 heterocycles. The first kappa shape index (κ1) is 24.7. The van der Waals surface area contributed by atoms with Gasteiger partial charge in [0.25, 0.3) is 0 Å². The number of carbonyl (C=O) groups excluding carboxylic acids is 1. The number of rotatable bonds is 10. The molecule has 2 unspecified atom stereocenters. The van der Waals surface area contributed by atoms with Crippen molar-refractivity contribution < 1.29 is 9.53 Å². The third-order valence-electron chi connectivity index (χ3n) is 7.29. The molecule has 2 atom stereocenters. The zero-order valence-corrected chi connectivity index (χ0v) is 21.6. The van der Waals surface area contributed by atoms with Crippen molar-refractivity contribution >= 4 is 28.9 Å². The van der Waals surface area contributed by atoms with E-state index < -0.39 is 0 Å². The van der Waals surface area contributed by atoms with Crippen LogP contribution in [-0.4, -0.2) is 29.4 Å². The minimum Gasteiger partial charge on any atom is -0.493 e. The van der Waals surface area contributed by atoms with E-state index in [1.165, 1.54) is 24.8 Å². The van der Waals surface area contributed by atoms with Gasteiger partial charge in [-0.3, -0.25) is 4.79 Å². The highest BCUT2D eigenvalue weighted by Crippen LogP contribution is 2.39. The van der Waals surface area contributed by atoms with Crippen LogP contribution < -0.4 is 4.74 Å². The number of hydrogen-bond donors (Lipinski definition) is 1. The fourth-order valence-electron chi connectivity index (χ4n) is 5.59. The van der Waals surface area contributed by atoms with Gasteiger partial charge >= 0.3 is 0 Å². The van der Waals surface area contributed by atoms with E-state index in [0.717, 1.165) is 58.8 Å². The fourth-order valence-corrected chi connectivity index (χ4v) is 5.76. The average molecular weight is 481 g/mol. The van der Waals surface area contributed by atoms with Crippen LogP contribution in [0.15, 0.2) is 42.5 Å². The molecule has 0 saturated carbocycles. The van der Waals surface area contributed by atoms with E-state index in [1.54, 1.807) is 0 Å². The second kappa shape index (κ2) is 10.4. The summed E-state index contributed by atoms with van der Waals surface area (Å²) in [7, 11) is 0. The highest BCUT2D eigenvalue weighted by molar-refractivity contribution is 6.31. The van der Waals surface area contributed by atoms with E-state index in [2.05, 4.69) is 44.8 Å². The topological polar surface area (TPSA) is 45.3 Å². The van der Waals surface area contributed by atoms with Crippen molar-refractivity contribution in [1.82, 2.24) is 9.88 Å². The Bertz CT molecular complexity index is 1120. The zero-order chi connectivity index (χ0) is 24.3. The van der Waals surface area contributed by atoms with Gasteiger partial charge in [-0.1, -0.05) is 64.3 Å². The third kappa shape index (κ3) is 5.27. The average Bonchev–Trinajstić information content (AvgIpc) is 3.19.